The third kappa shape index (κ3) is 4.11. The molecule has 1 heterocycles. The predicted octanol–water partition coefficient (Wildman–Crippen LogP) is 5.57. The fourth-order valence-electron chi connectivity index (χ4n) is 5.03. The van der Waals surface area contributed by atoms with Gasteiger partial charge in [-0.15, -0.1) is 0 Å². The zero-order valence-corrected chi connectivity index (χ0v) is 16.3. The van der Waals surface area contributed by atoms with E-state index in [0.717, 1.165) is 62.1 Å². The van der Waals surface area contributed by atoms with E-state index in [1.807, 2.05) is 24.3 Å². The Hall–Kier alpha value is -0.610. The van der Waals surface area contributed by atoms with E-state index in [9.17, 15) is 5.11 Å². The molecule has 0 amide bonds. The summed E-state index contributed by atoms with van der Waals surface area (Å²) in [6.07, 6.45) is 12.3. The van der Waals surface area contributed by atoms with Crippen LogP contribution in [0.5, 0.6) is 0 Å². The van der Waals surface area contributed by atoms with E-state index in [2.05, 4.69) is 0 Å². The van der Waals surface area contributed by atoms with Crippen molar-refractivity contribution in [1.29, 1.82) is 0 Å². The maximum Gasteiger partial charge on any atom is 0.168 e. The Morgan fingerprint density at radius 1 is 0.962 bits per heavy atom. The monoisotopic (exact) mass is 378 g/mol. The van der Waals surface area contributed by atoms with Gasteiger partial charge < -0.3 is 14.6 Å². The molecule has 2 saturated carbocycles. The van der Waals surface area contributed by atoms with E-state index in [1.54, 1.807) is 0 Å². The molecule has 2 aliphatic carbocycles. The van der Waals surface area contributed by atoms with Crippen LogP contribution in [-0.4, -0.2) is 23.6 Å². The van der Waals surface area contributed by atoms with Crippen molar-refractivity contribution in [2.24, 2.45) is 5.92 Å². The number of ether oxygens (including phenoxy) is 2. The lowest BCUT2D eigenvalue weighted by atomic mass is 9.74. The molecule has 0 aromatic heterocycles. The Bertz CT molecular complexity index is 586. The van der Waals surface area contributed by atoms with Crippen LogP contribution in [0.25, 0.3) is 0 Å². The molecule has 0 bridgehead atoms. The summed E-state index contributed by atoms with van der Waals surface area (Å²) in [6, 6.07) is 7.69. The molecule has 1 atom stereocenters. The normalized spacial score (nSPS) is 34.2. The van der Waals surface area contributed by atoms with Crippen molar-refractivity contribution in [3.05, 3.63) is 34.9 Å². The molecule has 1 spiro atoms. The first-order valence-corrected chi connectivity index (χ1v) is 10.8. The highest BCUT2D eigenvalue weighted by Gasteiger charge is 2.42. The molecule has 3 nitrogen and oxygen atoms in total. The van der Waals surface area contributed by atoms with Crippen LogP contribution in [0.2, 0.25) is 5.02 Å². The molecular weight excluding hydrogens is 348 g/mol. The van der Waals surface area contributed by atoms with Crippen LogP contribution in [0, 0.1) is 5.92 Å². The smallest absolute Gasteiger partial charge is 0.168 e. The van der Waals surface area contributed by atoms with Crippen molar-refractivity contribution in [3.63, 3.8) is 0 Å². The zero-order chi connectivity index (χ0) is 18.0. The van der Waals surface area contributed by atoms with Crippen molar-refractivity contribution < 1.29 is 14.6 Å². The molecule has 4 rings (SSSR count). The number of hydrogen-bond donors (Lipinski definition) is 1. The minimum absolute atomic E-state index is 0.246. The lowest BCUT2D eigenvalue weighted by Crippen LogP contribution is -2.33. The quantitative estimate of drug-likeness (QED) is 0.743. The summed E-state index contributed by atoms with van der Waals surface area (Å²) in [5, 5.41) is 11.7. The Balaban J connectivity index is 1.24. The van der Waals surface area contributed by atoms with Gasteiger partial charge >= 0.3 is 0 Å². The summed E-state index contributed by atoms with van der Waals surface area (Å²) >= 11 is 5.97. The Morgan fingerprint density at radius 3 is 2.35 bits per heavy atom. The molecule has 4 heteroatoms. The first-order chi connectivity index (χ1) is 12.6. The summed E-state index contributed by atoms with van der Waals surface area (Å²) in [5.74, 6) is 0.443. The molecule has 144 valence electrons. The van der Waals surface area contributed by atoms with Crippen molar-refractivity contribution in [2.45, 2.75) is 88.1 Å². The summed E-state index contributed by atoms with van der Waals surface area (Å²) in [7, 11) is 0. The minimum Gasteiger partial charge on any atom is -0.385 e. The van der Waals surface area contributed by atoms with Crippen LogP contribution in [0.1, 0.15) is 76.2 Å². The molecule has 1 aliphatic heterocycles. The number of rotatable bonds is 4. The van der Waals surface area contributed by atoms with Crippen molar-refractivity contribution in [3.8, 4) is 0 Å². The van der Waals surface area contributed by atoms with Crippen LogP contribution in [0.15, 0.2) is 24.3 Å². The van der Waals surface area contributed by atoms with Gasteiger partial charge in [0.15, 0.2) is 5.79 Å². The lowest BCUT2D eigenvalue weighted by Gasteiger charge is -2.37. The van der Waals surface area contributed by atoms with Crippen LogP contribution >= 0.6 is 11.6 Å². The summed E-state index contributed by atoms with van der Waals surface area (Å²) < 4.78 is 12.4. The number of aliphatic hydroxyl groups is 1. The van der Waals surface area contributed by atoms with Gasteiger partial charge in [-0.2, -0.15) is 0 Å². The molecule has 1 unspecified atom stereocenters. The van der Waals surface area contributed by atoms with Crippen molar-refractivity contribution in [1.82, 2.24) is 0 Å². The van der Waals surface area contributed by atoms with Gasteiger partial charge in [0, 0.05) is 17.9 Å². The standard InChI is InChI=1S/C22H31ClO3/c23-19-7-5-18(6-8-19)21(24)14-10-17(11-15-21)4-9-20-16-25-22(26-20)12-2-1-3-13-22/h5-8,17,20,24H,1-4,9-16H2. The van der Waals surface area contributed by atoms with Gasteiger partial charge in [-0.3, -0.25) is 0 Å². The van der Waals surface area contributed by atoms with E-state index in [-0.39, 0.29) is 11.9 Å². The molecule has 3 aliphatic rings. The third-order valence-corrected chi connectivity index (χ3v) is 6.99. The molecule has 1 aromatic rings. The van der Waals surface area contributed by atoms with E-state index < -0.39 is 5.60 Å². The second kappa shape index (κ2) is 7.79. The van der Waals surface area contributed by atoms with Crippen molar-refractivity contribution in [2.75, 3.05) is 6.61 Å². The Labute approximate surface area is 162 Å². The molecule has 1 N–H and O–H groups in total. The first kappa shape index (κ1) is 18.7. The molecule has 1 aromatic carbocycles. The van der Waals surface area contributed by atoms with Crippen LogP contribution in [0.3, 0.4) is 0 Å². The molecule has 26 heavy (non-hydrogen) atoms. The fourth-order valence-corrected chi connectivity index (χ4v) is 5.15. The van der Waals surface area contributed by atoms with Gasteiger partial charge in [-0.25, -0.2) is 0 Å². The van der Waals surface area contributed by atoms with Gasteiger partial charge in [0.05, 0.1) is 18.3 Å². The number of hydrogen-bond acceptors (Lipinski definition) is 3. The predicted molar refractivity (Wildman–Crippen MR) is 103 cm³/mol. The second-order valence-electron chi connectivity index (χ2n) is 8.58. The Morgan fingerprint density at radius 2 is 1.65 bits per heavy atom. The van der Waals surface area contributed by atoms with E-state index in [4.69, 9.17) is 21.1 Å². The largest absolute Gasteiger partial charge is 0.385 e. The molecule has 0 radical (unpaired) electrons. The highest BCUT2D eigenvalue weighted by atomic mass is 35.5. The summed E-state index contributed by atoms with van der Waals surface area (Å²) in [4.78, 5) is 0. The lowest BCUT2D eigenvalue weighted by molar-refractivity contribution is -0.187. The van der Waals surface area contributed by atoms with E-state index >= 15 is 0 Å². The summed E-state index contributed by atoms with van der Waals surface area (Å²) in [5.41, 5.74) is 0.326. The average Bonchev–Trinajstić information content (AvgIpc) is 3.05. The average molecular weight is 379 g/mol. The van der Waals surface area contributed by atoms with Gasteiger partial charge in [-0.05, 0) is 75.0 Å². The minimum atomic E-state index is -0.680. The highest BCUT2D eigenvalue weighted by molar-refractivity contribution is 6.30. The number of benzene rings is 1. The second-order valence-corrected chi connectivity index (χ2v) is 9.02. The molecule has 3 fully saturated rings. The molecule has 1 saturated heterocycles. The Kier molecular flexibility index (Phi) is 5.61. The van der Waals surface area contributed by atoms with Crippen molar-refractivity contribution >= 4 is 11.6 Å². The highest BCUT2D eigenvalue weighted by Crippen LogP contribution is 2.43. The van der Waals surface area contributed by atoms with E-state index in [1.165, 1.54) is 25.7 Å². The molecular formula is C22H31ClO3. The maximum atomic E-state index is 11.0. The fraction of sp³-hybridized carbons (Fsp3) is 0.727. The number of halogens is 1. The maximum absolute atomic E-state index is 11.0. The van der Waals surface area contributed by atoms with Crippen LogP contribution in [-0.2, 0) is 15.1 Å². The third-order valence-electron chi connectivity index (χ3n) is 6.74. The van der Waals surface area contributed by atoms with Crippen LogP contribution < -0.4 is 0 Å². The summed E-state index contributed by atoms with van der Waals surface area (Å²) in [6.45, 7) is 0.765. The van der Waals surface area contributed by atoms with Gasteiger partial charge in [0.2, 0.25) is 0 Å². The topological polar surface area (TPSA) is 38.7 Å². The zero-order valence-electron chi connectivity index (χ0n) is 15.6. The van der Waals surface area contributed by atoms with Crippen LogP contribution in [0.4, 0.5) is 0 Å². The van der Waals surface area contributed by atoms with Gasteiger partial charge in [0.1, 0.15) is 0 Å². The van der Waals surface area contributed by atoms with Gasteiger partial charge in [0.25, 0.3) is 0 Å². The first-order valence-electron chi connectivity index (χ1n) is 10.4. The van der Waals surface area contributed by atoms with Gasteiger partial charge in [-0.1, -0.05) is 30.2 Å². The van der Waals surface area contributed by atoms with E-state index in [0.29, 0.717) is 5.92 Å². The SMILES string of the molecule is OC1(c2ccc(Cl)cc2)CCC(CCC2COC3(CCCCC3)O2)CC1.